The number of fused-ring (bicyclic) bond motifs is 1. The third kappa shape index (κ3) is 3.46. The largest absolute Gasteiger partial charge is 0.481 e. The second kappa shape index (κ2) is 6.87. The number of carbonyl (C=O) groups is 2. The molecule has 1 aromatic rings. The Kier molecular flexibility index (Phi) is 4.68. The number of hydrogen-bond donors (Lipinski definition) is 2. The fourth-order valence-electron chi connectivity index (χ4n) is 5.16. The van der Waals surface area contributed by atoms with E-state index in [1.807, 2.05) is 0 Å². The summed E-state index contributed by atoms with van der Waals surface area (Å²) in [5.74, 6) is -0.946. The summed E-state index contributed by atoms with van der Waals surface area (Å²) in [7, 11) is 0. The zero-order chi connectivity index (χ0) is 19.2. The molecule has 146 valence electrons. The lowest BCUT2D eigenvalue weighted by Gasteiger charge is -2.29. The maximum atomic E-state index is 13.6. The van der Waals surface area contributed by atoms with Gasteiger partial charge in [0.2, 0.25) is 0 Å². The van der Waals surface area contributed by atoms with Crippen LogP contribution < -0.4 is 5.32 Å². The summed E-state index contributed by atoms with van der Waals surface area (Å²) in [6.45, 7) is 4.37. The molecule has 3 fully saturated rings. The molecule has 3 aliphatic rings. The number of rotatable bonds is 6. The summed E-state index contributed by atoms with van der Waals surface area (Å²) < 4.78 is 19.9. The van der Waals surface area contributed by atoms with Gasteiger partial charge < -0.3 is 15.2 Å². The van der Waals surface area contributed by atoms with Crippen molar-refractivity contribution >= 4 is 11.9 Å². The normalized spacial score (nSPS) is 31.9. The van der Waals surface area contributed by atoms with Gasteiger partial charge in [0.1, 0.15) is 5.82 Å². The number of carboxylic acid groups (broad SMARTS) is 1. The van der Waals surface area contributed by atoms with Gasteiger partial charge in [-0.1, -0.05) is 0 Å². The fourth-order valence-corrected chi connectivity index (χ4v) is 5.16. The summed E-state index contributed by atoms with van der Waals surface area (Å²) in [6, 6.07) is 4.33. The van der Waals surface area contributed by atoms with Crippen LogP contribution in [-0.2, 0) is 9.53 Å². The second-order valence-electron chi connectivity index (χ2n) is 8.14. The molecule has 0 aromatic heterocycles. The average Bonchev–Trinajstić information content (AvgIpc) is 3.25. The Labute approximate surface area is 157 Å². The number of aliphatic carboxylic acids is 1. The van der Waals surface area contributed by atoms with Crippen molar-refractivity contribution in [2.75, 3.05) is 26.2 Å². The highest BCUT2D eigenvalue weighted by Crippen LogP contribution is 2.54. The van der Waals surface area contributed by atoms with Crippen molar-refractivity contribution in [3.63, 3.8) is 0 Å². The minimum atomic E-state index is -0.788. The highest BCUT2D eigenvalue weighted by molar-refractivity contribution is 5.94. The van der Waals surface area contributed by atoms with Gasteiger partial charge in [0.25, 0.3) is 5.91 Å². The Hall–Kier alpha value is -1.99. The molecule has 1 aromatic carbocycles. The Morgan fingerprint density at radius 3 is 2.96 bits per heavy atom. The van der Waals surface area contributed by atoms with Crippen LogP contribution >= 0.6 is 0 Å². The van der Waals surface area contributed by atoms with Gasteiger partial charge in [0.05, 0.1) is 18.1 Å². The van der Waals surface area contributed by atoms with E-state index in [0.29, 0.717) is 30.1 Å². The second-order valence-corrected chi connectivity index (χ2v) is 8.14. The molecule has 2 bridgehead atoms. The van der Waals surface area contributed by atoms with Crippen LogP contribution in [-0.4, -0.2) is 59.8 Å². The lowest BCUT2D eigenvalue weighted by atomic mass is 9.73. The van der Waals surface area contributed by atoms with Gasteiger partial charge in [-0.25, -0.2) is 4.39 Å². The van der Waals surface area contributed by atoms with Crippen molar-refractivity contribution in [1.29, 1.82) is 0 Å². The van der Waals surface area contributed by atoms with Crippen LogP contribution in [0.3, 0.4) is 0 Å². The van der Waals surface area contributed by atoms with Crippen molar-refractivity contribution in [2.24, 2.45) is 11.8 Å². The third-order valence-electron chi connectivity index (χ3n) is 6.30. The van der Waals surface area contributed by atoms with Crippen LogP contribution in [0.15, 0.2) is 18.2 Å². The van der Waals surface area contributed by atoms with Crippen molar-refractivity contribution < 1.29 is 23.8 Å². The van der Waals surface area contributed by atoms with E-state index in [1.54, 1.807) is 13.0 Å². The van der Waals surface area contributed by atoms with Crippen LogP contribution in [0.25, 0.3) is 0 Å². The molecule has 1 amide bonds. The molecule has 27 heavy (non-hydrogen) atoms. The predicted molar refractivity (Wildman–Crippen MR) is 96.0 cm³/mol. The van der Waals surface area contributed by atoms with E-state index in [2.05, 4.69) is 10.2 Å². The lowest BCUT2D eigenvalue weighted by Crippen LogP contribution is -2.41. The number of ether oxygens (including phenoxy) is 1. The summed E-state index contributed by atoms with van der Waals surface area (Å²) in [5, 5.41) is 11.9. The van der Waals surface area contributed by atoms with Crippen LogP contribution in [0.4, 0.5) is 4.39 Å². The molecule has 2 N–H and O–H groups in total. The van der Waals surface area contributed by atoms with Crippen LogP contribution in [0.1, 0.15) is 35.2 Å². The minimum absolute atomic E-state index is 0.132. The van der Waals surface area contributed by atoms with E-state index in [-0.39, 0.29) is 30.0 Å². The number of carboxylic acids is 1. The van der Waals surface area contributed by atoms with Gasteiger partial charge in [-0.2, -0.15) is 0 Å². The molecule has 0 radical (unpaired) electrons. The molecule has 6 nitrogen and oxygen atoms in total. The minimum Gasteiger partial charge on any atom is -0.481 e. The smallest absolute Gasteiger partial charge is 0.304 e. The maximum Gasteiger partial charge on any atom is 0.304 e. The number of benzene rings is 1. The molecule has 1 spiro atoms. The molecule has 0 unspecified atom stereocenters. The first kappa shape index (κ1) is 18.4. The molecule has 4 rings (SSSR count). The monoisotopic (exact) mass is 376 g/mol. The first-order chi connectivity index (χ1) is 12.9. The Morgan fingerprint density at radius 1 is 1.41 bits per heavy atom. The number of halogens is 1. The summed E-state index contributed by atoms with van der Waals surface area (Å²) in [6.07, 6.45) is 2.25. The number of nitrogens with zero attached hydrogens (tertiary/aromatic N) is 1. The lowest BCUT2D eigenvalue weighted by molar-refractivity contribution is -0.137. The van der Waals surface area contributed by atoms with E-state index < -0.39 is 11.8 Å². The molecule has 3 aliphatic heterocycles. The van der Waals surface area contributed by atoms with Crippen LogP contribution in [0.5, 0.6) is 0 Å². The topological polar surface area (TPSA) is 78.9 Å². The Bertz CT molecular complexity index is 750. The number of nitrogens with one attached hydrogen (secondary N) is 1. The van der Waals surface area contributed by atoms with E-state index in [1.165, 1.54) is 12.1 Å². The van der Waals surface area contributed by atoms with Crippen molar-refractivity contribution in [3.8, 4) is 0 Å². The average molecular weight is 376 g/mol. The van der Waals surface area contributed by atoms with Gasteiger partial charge in [-0.05, 0) is 43.5 Å². The van der Waals surface area contributed by atoms with Crippen LogP contribution in [0.2, 0.25) is 0 Å². The maximum absolute atomic E-state index is 13.6. The Balaban J connectivity index is 1.39. The summed E-state index contributed by atoms with van der Waals surface area (Å²) in [5.41, 5.74) is 0.863. The standard InChI is InChI=1S/C20H25FN2O4/c1-12-6-13(8-14(21)7-12)19(26)22-9-15-16-10-23(5-3-18(24)25)11-20(16)4-2-17(15)27-20/h6-8,15-17H,2-5,9-11H2,1H3,(H,22,26)(H,24,25)/t15-,16+,17+,20+/m0/s1. The van der Waals surface area contributed by atoms with E-state index >= 15 is 0 Å². The molecular weight excluding hydrogens is 351 g/mol. The number of aryl methyl sites for hydroxylation is 1. The van der Waals surface area contributed by atoms with Gasteiger partial charge >= 0.3 is 5.97 Å². The molecule has 0 saturated carbocycles. The third-order valence-corrected chi connectivity index (χ3v) is 6.30. The first-order valence-electron chi connectivity index (χ1n) is 9.54. The quantitative estimate of drug-likeness (QED) is 0.792. The molecule has 4 atom stereocenters. The highest BCUT2D eigenvalue weighted by Gasteiger charge is 2.62. The SMILES string of the molecule is Cc1cc(F)cc(C(=O)NC[C@H]2[C@H]3CN(CCC(=O)O)C[C@]34CC[C@H]2O4)c1. The molecule has 0 aliphatic carbocycles. The zero-order valence-corrected chi connectivity index (χ0v) is 15.4. The summed E-state index contributed by atoms with van der Waals surface area (Å²) >= 11 is 0. The van der Waals surface area contributed by atoms with Crippen molar-refractivity contribution in [1.82, 2.24) is 10.2 Å². The van der Waals surface area contributed by atoms with E-state index in [4.69, 9.17) is 9.84 Å². The molecule has 3 heterocycles. The number of carbonyl (C=O) groups excluding carboxylic acids is 1. The van der Waals surface area contributed by atoms with Gasteiger partial charge in [0.15, 0.2) is 0 Å². The fraction of sp³-hybridized carbons (Fsp3) is 0.600. The van der Waals surface area contributed by atoms with Gasteiger partial charge in [-0.3, -0.25) is 14.5 Å². The molecular formula is C20H25FN2O4. The number of likely N-dealkylation sites (tertiary alicyclic amines) is 1. The van der Waals surface area contributed by atoms with Crippen molar-refractivity contribution in [2.45, 2.75) is 37.9 Å². The Morgan fingerprint density at radius 2 is 2.22 bits per heavy atom. The van der Waals surface area contributed by atoms with Gasteiger partial charge in [0, 0.05) is 43.6 Å². The number of hydrogen-bond acceptors (Lipinski definition) is 4. The van der Waals surface area contributed by atoms with Crippen LogP contribution in [0, 0.1) is 24.6 Å². The zero-order valence-electron chi connectivity index (χ0n) is 15.4. The number of amides is 1. The van der Waals surface area contributed by atoms with E-state index in [9.17, 15) is 14.0 Å². The first-order valence-corrected chi connectivity index (χ1v) is 9.54. The van der Waals surface area contributed by atoms with Gasteiger partial charge in [-0.15, -0.1) is 0 Å². The molecule has 3 saturated heterocycles. The van der Waals surface area contributed by atoms with E-state index in [0.717, 1.165) is 25.9 Å². The summed E-state index contributed by atoms with van der Waals surface area (Å²) in [4.78, 5) is 25.5. The van der Waals surface area contributed by atoms with Crippen molar-refractivity contribution in [3.05, 3.63) is 35.1 Å². The molecule has 7 heteroatoms. The highest BCUT2D eigenvalue weighted by atomic mass is 19.1. The predicted octanol–water partition coefficient (Wildman–Crippen LogP) is 1.82.